The fraction of sp³-hybridized carbons (Fsp3) is 0.111. The van der Waals surface area contributed by atoms with E-state index < -0.39 is 10.9 Å². The summed E-state index contributed by atoms with van der Waals surface area (Å²) < 4.78 is 10.2. The first-order chi connectivity index (χ1) is 12.0. The molecule has 2 aromatic carbocycles. The van der Waals surface area contributed by atoms with E-state index in [1.807, 2.05) is 0 Å². The van der Waals surface area contributed by atoms with Crippen LogP contribution in [-0.4, -0.2) is 23.9 Å². The highest BCUT2D eigenvalue weighted by molar-refractivity contribution is 6.13. The van der Waals surface area contributed by atoms with Gasteiger partial charge in [-0.05, 0) is 36.8 Å². The number of aliphatic imine (C=N–C) groups is 1. The minimum Gasteiger partial charge on any atom is -0.497 e. The summed E-state index contributed by atoms with van der Waals surface area (Å²) in [6, 6.07) is 11.7. The number of esters is 1. The highest BCUT2D eigenvalue weighted by atomic mass is 16.6. The van der Waals surface area contributed by atoms with Crippen LogP contribution in [0.25, 0.3) is 6.08 Å². The van der Waals surface area contributed by atoms with Gasteiger partial charge in [-0.3, -0.25) is 10.1 Å². The third-order valence-electron chi connectivity index (χ3n) is 3.69. The number of ether oxygens (including phenoxy) is 2. The predicted octanol–water partition coefficient (Wildman–Crippen LogP) is 3.26. The van der Waals surface area contributed by atoms with Crippen molar-refractivity contribution < 1.29 is 19.2 Å². The molecule has 0 atom stereocenters. The van der Waals surface area contributed by atoms with Crippen LogP contribution in [0.1, 0.15) is 16.7 Å². The maximum Gasteiger partial charge on any atom is 0.363 e. The van der Waals surface area contributed by atoms with Gasteiger partial charge in [-0.25, -0.2) is 9.79 Å². The van der Waals surface area contributed by atoms with Gasteiger partial charge < -0.3 is 9.47 Å². The number of nitrogens with zero attached hydrogens (tertiary/aromatic N) is 2. The minimum atomic E-state index is -0.603. The van der Waals surface area contributed by atoms with Crippen LogP contribution in [0.5, 0.6) is 5.75 Å². The van der Waals surface area contributed by atoms with Gasteiger partial charge in [0.1, 0.15) is 5.75 Å². The summed E-state index contributed by atoms with van der Waals surface area (Å²) in [5, 5.41) is 11.0. The van der Waals surface area contributed by atoms with Gasteiger partial charge in [0.15, 0.2) is 5.70 Å². The Morgan fingerprint density at radius 3 is 2.56 bits per heavy atom. The van der Waals surface area contributed by atoms with Crippen molar-refractivity contribution >= 4 is 23.6 Å². The number of methoxy groups -OCH3 is 1. The maximum atomic E-state index is 12.0. The quantitative estimate of drug-likeness (QED) is 0.369. The standard InChI is InChI=1S/C18H14N2O5/c1-11-3-6-13(10-16(11)20(22)23)17-19-15(18(21)25-17)9-12-4-7-14(24-2)8-5-12/h3-10H,1-2H3. The lowest BCUT2D eigenvalue weighted by atomic mass is 10.1. The molecule has 0 saturated heterocycles. The number of hydrogen-bond acceptors (Lipinski definition) is 6. The number of cyclic esters (lactones) is 1. The van der Waals surface area contributed by atoms with Gasteiger partial charge in [-0.2, -0.15) is 0 Å². The molecule has 0 bridgehead atoms. The molecule has 0 aromatic heterocycles. The van der Waals surface area contributed by atoms with Crippen LogP contribution in [0, 0.1) is 17.0 Å². The van der Waals surface area contributed by atoms with Gasteiger partial charge in [0.2, 0.25) is 5.90 Å². The molecule has 7 heteroatoms. The Morgan fingerprint density at radius 1 is 1.20 bits per heavy atom. The van der Waals surface area contributed by atoms with Gasteiger partial charge in [0.25, 0.3) is 5.69 Å². The molecule has 0 fully saturated rings. The van der Waals surface area contributed by atoms with Crippen molar-refractivity contribution in [2.45, 2.75) is 6.92 Å². The molecule has 0 aliphatic carbocycles. The first-order valence-corrected chi connectivity index (χ1v) is 7.40. The van der Waals surface area contributed by atoms with Gasteiger partial charge in [0, 0.05) is 17.2 Å². The number of nitro benzene ring substituents is 1. The Hall–Kier alpha value is -3.48. The van der Waals surface area contributed by atoms with Gasteiger partial charge in [-0.15, -0.1) is 0 Å². The SMILES string of the molecule is COc1ccc(C=C2N=C(c3ccc(C)c([N+](=O)[O-])c3)OC2=O)cc1. The van der Waals surface area contributed by atoms with Crippen molar-refractivity contribution in [3.63, 3.8) is 0 Å². The molecule has 126 valence electrons. The molecule has 3 rings (SSSR count). The van der Waals surface area contributed by atoms with Crippen molar-refractivity contribution in [3.05, 3.63) is 75.0 Å². The Morgan fingerprint density at radius 2 is 1.92 bits per heavy atom. The average molecular weight is 338 g/mol. The second-order valence-electron chi connectivity index (χ2n) is 5.37. The van der Waals surface area contributed by atoms with Crippen LogP contribution in [-0.2, 0) is 9.53 Å². The van der Waals surface area contributed by atoms with E-state index in [4.69, 9.17) is 9.47 Å². The number of carbonyl (C=O) groups excluding carboxylic acids is 1. The summed E-state index contributed by atoms with van der Waals surface area (Å²) in [6.07, 6.45) is 1.58. The zero-order chi connectivity index (χ0) is 18.0. The van der Waals surface area contributed by atoms with E-state index in [1.165, 1.54) is 6.07 Å². The lowest BCUT2D eigenvalue weighted by molar-refractivity contribution is -0.385. The topological polar surface area (TPSA) is 91.0 Å². The molecular weight excluding hydrogens is 324 g/mol. The summed E-state index contributed by atoms with van der Waals surface area (Å²) in [5.41, 5.74) is 1.73. The molecule has 0 spiro atoms. The average Bonchev–Trinajstić information content (AvgIpc) is 2.96. The number of hydrogen-bond donors (Lipinski definition) is 0. The van der Waals surface area contributed by atoms with Gasteiger partial charge >= 0.3 is 5.97 Å². The molecule has 0 radical (unpaired) electrons. The Kier molecular flexibility index (Phi) is 4.30. The second-order valence-corrected chi connectivity index (χ2v) is 5.37. The number of nitro groups is 1. The van der Waals surface area contributed by atoms with E-state index in [0.29, 0.717) is 16.9 Å². The van der Waals surface area contributed by atoms with Crippen LogP contribution < -0.4 is 4.74 Å². The van der Waals surface area contributed by atoms with E-state index >= 15 is 0 Å². The molecule has 25 heavy (non-hydrogen) atoms. The summed E-state index contributed by atoms with van der Waals surface area (Å²) >= 11 is 0. The summed E-state index contributed by atoms with van der Waals surface area (Å²) in [4.78, 5) is 26.7. The zero-order valence-corrected chi connectivity index (χ0v) is 13.6. The van der Waals surface area contributed by atoms with E-state index in [1.54, 1.807) is 56.5 Å². The number of rotatable bonds is 4. The fourth-order valence-corrected chi connectivity index (χ4v) is 2.33. The predicted molar refractivity (Wildman–Crippen MR) is 91.4 cm³/mol. The molecule has 7 nitrogen and oxygen atoms in total. The lowest BCUT2D eigenvalue weighted by Gasteiger charge is -2.01. The number of aryl methyl sites for hydroxylation is 1. The smallest absolute Gasteiger partial charge is 0.363 e. The van der Waals surface area contributed by atoms with Crippen molar-refractivity contribution in [2.24, 2.45) is 4.99 Å². The lowest BCUT2D eigenvalue weighted by Crippen LogP contribution is -2.06. The minimum absolute atomic E-state index is 0.0489. The monoisotopic (exact) mass is 338 g/mol. The molecular formula is C18H14N2O5. The highest BCUT2D eigenvalue weighted by Crippen LogP contribution is 2.24. The third-order valence-corrected chi connectivity index (χ3v) is 3.69. The molecule has 0 unspecified atom stereocenters. The van der Waals surface area contributed by atoms with Crippen LogP contribution in [0.2, 0.25) is 0 Å². The first kappa shape index (κ1) is 16.4. The summed E-state index contributed by atoms with van der Waals surface area (Å²) in [7, 11) is 1.57. The first-order valence-electron chi connectivity index (χ1n) is 7.40. The van der Waals surface area contributed by atoms with E-state index in [9.17, 15) is 14.9 Å². The molecule has 1 aliphatic heterocycles. The van der Waals surface area contributed by atoms with Crippen LogP contribution in [0.3, 0.4) is 0 Å². The van der Waals surface area contributed by atoms with Crippen LogP contribution in [0.15, 0.2) is 53.2 Å². The van der Waals surface area contributed by atoms with Crippen molar-refractivity contribution in [1.29, 1.82) is 0 Å². The Balaban J connectivity index is 1.93. The normalized spacial score (nSPS) is 15.0. The van der Waals surface area contributed by atoms with Crippen LogP contribution in [0.4, 0.5) is 5.69 Å². The van der Waals surface area contributed by atoms with Gasteiger partial charge in [0.05, 0.1) is 12.0 Å². The summed E-state index contributed by atoms with van der Waals surface area (Å²) in [5.74, 6) is 0.147. The molecule has 1 heterocycles. The van der Waals surface area contributed by atoms with Crippen molar-refractivity contribution in [2.75, 3.05) is 7.11 Å². The molecule has 1 aliphatic rings. The molecule has 2 aromatic rings. The Labute approximate surface area is 143 Å². The largest absolute Gasteiger partial charge is 0.497 e. The van der Waals surface area contributed by atoms with E-state index in [2.05, 4.69) is 4.99 Å². The maximum absolute atomic E-state index is 12.0. The van der Waals surface area contributed by atoms with E-state index in [0.717, 1.165) is 5.56 Å². The number of carbonyl (C=O) groups is 1. The van der Waals surface area contributed by atoms with Crippen molar-refractivity contribution in [1.82, 2.24) is 0 Å². The third kappa shape index (κ3) is 3.40. The van der Waals surface area contributed by atoms with Crippen LogP contribution >= 0.6 is 0 Å². The van der Waals surface area contributed by atoms with Crippen molar-refractivity contribution in [3.8, 4) is 5.75 Å². The second kappa shape index (κ2) is 6.56. The van der Waals surface area contributed by atoms with E-state index in [-0.39, 0.29) is 17.3 Å². The molecule has 0 saturated carbocycles. The number of benzene rings is 2. The molecule has 0 N–H and O–H groups in total. The summed E-state index contributed by atoms with van der Waals surface area (Å²) in [6.45, 7) is 1.64. The Bertz CT molecular complexity index is 914. The highest BCUT2D eigenvalue weighted by Gasteiger charge is 2.25. The zero-order valence-electron chi connectivity index (χ0n) is 13.6. The molecule has 0 amide bonds. The van der Waals surface area contributed by atoms with Gasteiger partial charge in [-0.1, -0.05) is 18.2 Å². The fourth-order valence-electron chi connectivity index (χ4n) is 2.33.